The van der Waals surface area contributed by atoms with E-state index in [0.29, 0.717) is 11.3 Å². The minimum absolute atomic E-state index is 0.0557. The molecule has 3 aromatic rings. The van der Waals surface area contributed by atoms with Gasteiger partial charge >= 0.3 is 0 Å². The van der Waals surface area contributed by atoms with Gasteiger partial charge in [0.15, 0.2) is 5.65 Å². The SMILES string of the molecule is CC(C(=O)Nc1ccc(C#N)cc1)N1CCN(c2ncnc3c2cnn3C)CC1. The average molecular weight is 390 g/mol. The number of nitrogens with zero attached hydrogens (tertiary/aromatic N) is 7. The molecule has 1 unspecified atom stereocenters. The second-order valence-electron chi connectivity index (χ2n) is 7.08. The molecule has 1 fully saturated rings. The number of nitriles is 1. The van der Waals surface area contributed by atoms with Gasteiger partial charge in [0, 0.05) is 38.9 Å². The quantitative estimate of drug-likeness (QED) is 0.718. The van der Waals surface area contributed by atoms with E-state index in [9.17, 15) is 4.79 Å². The number of aromatic nitrogens is 4. The van der Waals surface area contributed by atoms with Gasteiger partial charge in [0.05, 0.1) is 29.3 Å². The van der Waals surface area contributed by atoms with Crippen molar-refractivity contribution in [3.8, 4) is 6.07 Å². The highest BCUT2D eigenvalue weighted by atomic mass is 16.2. The summed E-state index contributed by atoms with van der Waals surface area (Å²) in [5.74, 6) is 0.831. The van der Waals surface area contributed by atoms with Gasteiger partial charge in [-0.3, -0.25) is 14.4 Å². The van der Waals surface area contributed by atoms with E-state index in [4.69, 9.17) is 5.26 Å². The lowest BCUT2D eigenvalue weighted by Crippen LogP contribution is -2.53. The Morgan fingerprint density at radius 3 is 2.59 bits per heavy atom. The number of fused-ring (bicyclic) bond motifs is 1. The number of nitrogens with one attached hydrogen (secondary N) is 1. The molecule has 1 atom stereocenters. The van der Waals surface area contributed by atoms with Crippen molar-refractivity contribution in [3.63, 3.8) is 0 Å². The number of aryl methyl sites for hydroxylation is 1. The molecule has 0 spiro atoms. The topological polar surface area (TPSA) is 103 Å². The van der Waals surface area contributed by atoms with E-state index in [2.05, 4.69) is 36.3 Å². The highest BCUT2D eigenvalue weighted by Gasteiger charge is 2.27. The molecule has 9 heteroatoms. The van der Waals surface area contributed by atoms with Gasteiger partial charge in [0.25, 0.3) is 0 Å². The lowest BCUT2D eigenvalue weighted by Gasteiger charge is -2.38. The van der Waals surface area contributed by atoms with E-state index in [1.165, 1.54) is 0 Å². The third-order valence-corrected chi connectivity index (χ3v) is 5.33. The fourth-order valence-electron chi connectivity index (χ4n) is 3.56. The third-order valence-electron chi connectivity index (χ3n) is 5.33. The molecule has 1 aliphatic rings. The minimum atomic E-state index is -0.253. The Kier molecular flexibility index (Phi) is 5.10. The number of carbonyl (C=O) groups is 1. The summed E-state index contributed by atoms with van der Waals surface area (Å²) in [6, 6.07) is 8.70. The predicted molar refractivity (Wildman–Crippen MR) is 109 cm³/mol. The molecule has 0 saturated carbocycles. The summed E-state index contributed by atoms with van der Waals surface area (Å²) in [7, 11) is 1.87. The lowest BCUT2D eigenvalue weighted by molar-refractivity contribution is -0.120. The van der Waals surface area contributed by atoms with Gasteiger partial charge in [-0.1, -0.05) is 0 Å². The molecule has 1 amide bonds. The molecule has 0 aliphatic carbocycles. The first-order chi connectivity index (χ1) is 14.1. The number of amides is 1. The van der Waals surface area contributed by atoms with Crippen molar-refractivity contribution in [2.24, 2.45) is 7.05 Å². The molecule has 0 bridgehead atoms. The smallest absolute Gasteiger partial charge is 0.241 e. The maximum atomic E-state index is 12.6. The summed E-state index contributed by atoms with van der Waals surface area (Å²) in [6.07, 6.45) is 3.37. The summed E-state index contributed by atoms with van der Waals surface area (Å²) < 4.78 is 1.74. The van der Waals surface area contributed by atoms with Gasteiger partial charge in [-0.2, -0.15) is 10.4 Å². The summed E-state index contributed by atoms with van der Waals surface area (Å²) in [4.78, 5) is 25.8. The maximum absolute atomic E-state index is 12.6. The van der Waals surface area contributed by atoms with Crippen LogP contribution in [0.15, 0.2) is 36.8 Å². The molecule has 1 aliphatic heterocycles. The molecule has 2 aromatic heterocycles. The van der Waals surface area contributed by atoms with Crippen molar-refractivity contribution in [1.29, 1.82) is 5.26 Å². The Labute approximate surface area is 168 Å². The van der Waals surface area contributed by atoms with Crippen LogP contribution in [0.5, 0.6) is 0 Å². The first-order valence-electron chi connectivity index (χ1n) is 9.49. The molecule has 29 heavy (non-hydrogen) atoms. The van der Waals surface area contributed by atoms with Crippen molar-refractivity contribution < 1.29 is 4.79 Å². The average Bonchev–Trinajstić information content (AvgIpc) is 3.15. The zero-order valence-corrected chi connectivity index (χ0v) is 16.4. The highest BCUT2D eigenvalue weighted by Crippen LogP contribution is 2.23. The Morgan fingerprint density at radius 1 is 1.17 bits per heavy atom. The van der Waals surface area contributed by atoms with E-state index < -0.39 is 0 Å². The fraction of sp³-hybridized carbons (Fsp3) is 0.350. The van der Waals surface area contributed by atoms with Crippen molar-refractivity contribution in [2.45, 2.75) is 13.0 Å². The van der Waals surface area contributed by atoms with Crippen LogP contribution in [0.2, 0.25) is 0 Å². The number of piperazine rings is 1. The fourth-order valence-corrected chi connectivity index (χ4v) is 3.56. The van der Waals surface area contributed by atoms with Crippen LogP contribution in [0, 0.1) is 11.3 Å². The summed E-state index contributed by atoms with van der Waals surface area (Å²) >= 11 is 0. The monoisotopic (exact) mass is 390 g/mol. The van der Waals surface area contributed by atoms with Gasteiger partial charge in [-0.05, 0) is 31.2 Å². The van der Waals surface area contributed by atoms with Crippen LogP contribution in [0.3, 0.4) is 0 Å². The zero-order valence-electron chi connectivity index (χ0n) is 16.4. The highest BCUT2D eigenvalue weighted by molar-refractivity contribution is 5.94. The van der Waals surface area contributed by atoms with Crippen LogP contribution >= 0.6 is 0 Å². The molecule has 3 heterocycles. The molecule has 1 aromatic carbocycles. The molecular formula is C20H22N8O. The summed E-state index contributed by atoms with van der Waals surface area (Å²) in [5, 5.41) is 17.0. The Balaban J connectivity index is 1.38. The number of benzene rings is 1. The second-order valence-corrected chi connectivity index (χ2v) is 7.08. The Morgan fingerprint density at radius 2 is 1.90 bits per heavy atom. The van der Waals surface area contributed by atoms with Crippen molar-refractivity contribution in [2.75, 3.05) is 36.4 Å². The maximum Gasteiger partial charge on any atom is 0.241 e. The normalized spacial score (nSPS) is 15.8. The van der Waals surface area contributed by atoms with E-state index in [1.54, 1.807) is 41.5 Å². The molecule has 1 saturated heterocycles. The molecule has 148 valence electrons. The van der Waals surface area contributed by atoms with Crippen LogP contribution in [0.25, 0.3) is 11.0 Å². The van der Waals surface area contributed by atoms with Crippen LogP contribution < -0.4 is 10.2 Å². The summed E-state index contributed by atoms with van der Waals surface area (Å²) in [5.41, 5.74) is 2.08. The molecule has 1 N–H and O–H groups in total. The van der Waals surface area contributed by atoms with Crippen LogP contribution in [-0.4, -0.2) is 62.8 Å². The number of hydrogen-bond donors (Lipinski definition) is 1. The van der Waals surface area contributed by atoms with E-state index in [1.807, 2.05) is 14.0 Å². The standard InChI is InChI=1S/C20H22N8O/c1-14(20(29)25-16-5-3-15(11-21)4-6-16)27-7-9-28(10-8-27)19-17-12-24-26(2)18(17)22-13-23-19/h3-6,12-14H,7-10H2,1-2H3,(H,25,29). The van der Waals surface area contributed by atoms with Crippen molar-refractivity contribution >= 4 is 28.4 Å². The minimum Gasteiger partial charge on any atom is -0.353 e. The molecule has 4 rings (SSSR count). The second kappa shape index (κ2) is 7.85. The summed E-state index contributed by atoms with van der Waals surface area (Å²) in [6.45, 7) is 4.98. The first-order valence-corrected chi connectivity index (χ1v) is 9.49. The Hall–Kier alpha value is -3.51. The number of anilines is 2. The van der Waals surface area contributed by atoms with Crippen LogP contribution in [0.1, 0.15) is 12.5 Å². The molecular weight excluding hydrogens is 368 g/mol. The molecule has 9 nitrogen and oxygen atoms in total. The first kappa shape index (κ1) is 18.8. The van der Waals surface area contributed by atoms with Gasteiger partial charge < -0.3 is 10.2 Å². The number of hydrogen-bond acceptors (Lipinski definition) is 7. The number of rotatable bonds is 4. The van der Waals surface area contributed by atoms with E-state index in [-0.39, 0.29) is 11.9 Å². The van der Waals surface area contributed by atoms with E-state index >= 15 is 0 Å². The third kappa shape index (κ3) is 3.75. The van der Waals surface area contributed by atoms with Crippen molar-refractivity contribution in [1.82, 2.24) is 24.6 Å². The van der Waals surface area contributed by atoms with Gasteiger partial charge in [-0.15, -0.1) is 0 Å². The van der Waals surface area contributed by atoms with Gasteiger partial charge in [0.2, 0.25) is 5.91 Å². The van der Waals surface area contributed by atoms with Gasteiger partial charge in [-0.25, -0.2) is 9.97 Å². The molecule has 0 radical (unpaired) electrons. The van der Waals surface area contributed by atoms with E-state index in [0.717, 1.165) is 43.0 Å². The Bertz CT molecular complexity index is 1060. The van der Waals surface area contributed by atoms with Crippen LogP contribution in [-0.2, 0) is 11.8 Å². The van der Waals surface area contributed by atoms with Crippen molar-refractivity contribution in [3.05, 3.63) is 42.4 Å². The van der Waals surface area contributed by atoms with Crippen LogP contribution in [0.4, 0.5) is 11.5 Å². The van der Waals surface area contributed by atoms with Gasteiger partial charge in [0.1, 0.15) is 12.1 Å². The largest absolute Gasteiger partial charge is 0.353 e. The zero-order chi connectivity index (χ0) is 20.4. The predicted octanol–water partition coefficient (Wildman–Crippen LogP) is 1.38. The number of carbonyl (C=O) groups excluding carboxylic acids is 1. The lowest BCUT2D eigenvalue weighted by atomic mass is 10.2.